The Morgan fingerprint density at radius 3 is 2.75 bits per heavy atom. The Balaban J connectivity index is 2.18. The van der Waals surface area contributed by atoms with Crippen molar-refractivity contribution < 1.29 is 18.3 Å². The molecule has 0 radical (unpaired) electrons. The number of carbonyl (C=O) groups is 1. The van der Waals surface area contributed by atoms with Crippen LogP contribution < -0.4 is 5.73 Å². The number of likely N-dealkylation sites (tertiary alicyclic amines) is 1. The van der Waals surface area contributed by atoms with Gasteiger partial charge < -0.3 is 10.5 Å². The number of methoxy groups -OCH3 is 1. The molecule has 2 N–H and O–H groups in total. The monoisotopic (exact) mass is 284 g/mol. The second kappa shape index (κ2) is 6.28. The summed E-state index contributed by atoms with van der Waals surface area (Å²) in [5.41, 5.74) is 6.02. The number of hydrogen-bond acceptors (Lipinski definition) is 3. The summed E-state index contributed by atoms with van der Waals surface area (Å²) >= 11 is 0. The van der Waals surface area contributed by atoms with Gasteiger partial charge in [-0.1, -0.05) is 6.07 Å². The van der Waals surface area contributed by atoms with Crippen molar-refractivity contribution in [3.05, 3.63) is 35.4 Å². The van der Waals surface area contributed by atoms with Crippen LogP contribution in [0.4, 0.5) is 8.78 Å². The van der Waals surface area contributed by atoms with Crippen molar-refractivity contribution in [2.45, 2.75) is 5.92 Å². The number of halogens is 2. The van der Waals surface area contributed by atoms with Crippen LogP contribution in [0.25, 0.3) is 0 Å². The molecule has 4 nitrogen and oxygen atoms in total. The normalized spacial score (nSPS) is 23.1. The second-order valence-corrected chi connectivity index (χ2v) is 5.04. The molecule has 1 aromatic rings. The predicted octanol–water partition coefficient (Wildman–Crippen LogP) is 1.11. The van der Waals surface area contributed by atoms with E-state index < -0.39 is 23.5 Å². The van der Waals surface area contributed by atoms with Gasteiger partial charge in [0.2, 0.25) is 5.91 Å². The van der Waals surface area contributed by atoms with Crippen LogP contribution in [0.15, 0.2) is 18.2 Å². The molecule has 1 heterocycles. The zero-order valence-electron chi connectivity index (χ0n) is 11.3. The lowest BCUT2D eigenvalue weighted by atomic mass is 9.88. The van der Waals surface area contributed by atoms with Crippen LogP contribution in [0, 0.1) is 17.6 Å². The molecule has 20 heavy (non-hydrogen) atoms. The quantitative estimate of drug-likeness (QED) is 0.881. The summed E-state index contributed by atoms with van der Waals surface area (Å²) in [6, 6.07) is 3.75. The van der Waals surface area contributed by atoms with Crippen molar-refractivity contribution in [1.29, 1.82) is 0 Å². The van der Waals surface area contributed by atoms with Crippen LogP contribution in [-0.4, -0.2) is 44.2 Å². The molecule has 1 aliphatic rings. The van der Waals surface area contributed by atoms with Gasteiger partial charge in [-0.2, -0.15) is 0 Å². The number of primary amides is 1. The van der Waals surface area contributed by atoms with E-state index in [1.165, 1.54) is 6.07 Å². The number of rotatable bonds is 5. The predicted molar refractivity (Wildman–Crippen MR) is 70.1 cm³/mol. The number of carbonyl (C=O) groups excluding carboxylic acids is 1. The summed E-state index contributed by atoms with van der Waals surface area (Å²) < 4.78 is 31.3. The minimum absolute atomic E-state index is 0.209. The number of benzene rings is 1. The molecule has 2 atom stereocenters. The average molecular weight is 284 g/mol. The highest BCUT2D eigenvalue weighted by molar-refractivity contribution is 5.78. The average Bonchev–Trinajstić information content (AvgIpc) is 2.84. The summed E-state index contributed by atoms with van der Waals surface area (Å²) in [5, 5.41) is 0. The third-order valence-electron chi connectivity index (χ3n) is 3.74. The molecule has 1 saturated heterocycles. The van der Waals surface area contributed by atoms with E-state index in [0.717, 1.165) is 12.1 Å². The molecular weight excluding hydrogens is 266 g/mol. The van der Waals surface area contributed by atoms with Crippen molar-refractivity contribution in [3.8, 4) is 0 Å². The minimum Gasteiger partial charge on any atom is -0.383 e. The van der Waals surface area contributed by atoms with Crippen LogP contribution in [0.5, 0.6) is 0 Å². The molecule has 1 amide bonds. The number of amides is 1. The lowest BCUT2D eigenvalue weighted by Gasteiger charge is -2.16. The summed E-state index contributed by atoms with van der Waals surface area (Å²) in [5.74, 6) is -2.81. The summed E-state index contributed by atoms with van der Waals surface area (Å²) in [6.45, 7) is 2.33. The molecule has 0 spiro atoms. The summed E-state index contributed by atoms with van der Waals surface area (Å²) in [6.07, 6.45) is 0. The Labute approximate surface area is 116 Å². The molecule has 1 fully saturated rings. The molecule has 0 aliphatic carbocycles. The van der Waals surface area contributed by atoms with Crippen molar-refractivity contribution >= 4 is 5.91 Å². The molecular formula is C14H18F2N2O2. The van der Waals surface area contributed by atoms with Gasteiger partial charge in [0.1, 0.15) is 0 Å². The fraction of sp³-hybridized carbons (Fsp3) is 0.500. The van der Waals surface area contributed by atoms with E-state index in [4.69, 9.17) is 10.5 Å². The fourth-order valence-corrected chi connectivity index (χ4v) is 2.66. The Morgan fingerprint density at radius 2 is 2.15 bits per heavy atom. The molecule has 2 unspecified atom stereocenters. The van der Waals surface area contributed by atoms with Gasteiger partial charge in [0.25, 0.3) is 0 Å². The number of hydrogen-bond donors (Lipinski definition) is 1. The lowest BCUT2D eigenvalue weighted by Crippen LogP contribution is -2.30. The second-order valence-electron chi connectivity index (χ2n) is 5.04. The van der Waals surface area contributed by atoms with Crippen LogP contribution in [0.3, 0.4) is 0 Å². The maximum Gasteiger partial charge on any atom is 0.222 e. The van der Waals surface area contributed by atoms with Crippen LogP contribution in [0.1, 0.15) is 11.5 Å². The smallest absolute Gasteiger partial charge is 0.222 e. The van der Waals surface area contributed by atoms with Crippen LogP contribution >= 0.6 is 0 Å². The van der Waals surface area contributed by atoms with Gasteiger partial charge in [-0.3, -0.25) is 9.69 Å². The lowest BCUT2D eigenvalue weighted by molar-refractivity contribution is -0.121. The van der Waals surface area contributed by atoms with Crippen molar-refractivity contribution in [2.24, 2.45) is 11.7 Å². The molecule has 2 rings (SSSR count). The van der Waals surface area contributed by atoms with E-state index in [0.29, 0.717) is 31.8 Å². The number of nitrogens with zero attached hydrogens (tertiary/aromatic N) is 1. The number of nitrogens with two attached hydrogens (primary N) is 1. The molecule has 1 aliphatic heterocycles. The highest BCUT2D eigenvalue weighted by Crippen LogP contribution is 2.33. The first-order valence-electron chi connectivity index (χ1n) is 6.48. The Bertz CT molecular complexity index is 496. The first kappa shape index (κ1) is 14.9. The van der Waals surface area contributed by atoms with Crippen LogP contribution in [0.2, 0.25) is 0 Å². The van der Waals surface area contributed by atoms with Crippen LogP contribution in [-0.2, 0) is 9.53 Å². The van der Waals surface area contributed by atoms with E-state index in [1.54, 1.807) is 7.11 Å². The zero-order valence-corrected chi connectivity index (χ0v) is 11.3. The van der Waals surface area contributed by atoms with Crippen molar-refractivity contribution in [1.82, 2.24) is 4.90 Å². The number of ether oxygens (including phenoxy) is 1. The molecule has 0 bridgehead atoms. The summed E-state index contributed by atoms with van der Waals surface area (Å²) in [7, 11) is 1.61. The van der Waals surface area contributed by atoms with E-state index in [2.05, 4.69) is 0 Å². The third kappa shape index (κ3) is 3.13. The van der Waals surface area contributed by atoms with Gasteiger partial charge in [0.15, 0.2) is 11.6 Å². The van der Waals surface area contributed by atoms with Gasteiger partial charge >= 0.3 is 0 Å². The SMILES string of the molecule is COCCN1CC(C(N)=O)C(c2ccc(F)c(F)c2)C1. The first-order chi connectivity index (χ1) is 9.52. The van der Waals surface area contributed by atoms with E-state index in [1.807, 2.05) is 4.90 Å². The molecule has 110 valence electrons. The Hall–Kier alpha value is -1.53. The standard InChI is InChI=1S/C14H18F2N2O2/c1-20-5-4-18-7-10(11(8-18)14(17)19)9-2-3-12(15)13(16)6-9/h2-3,6,10-11H,4-5,7-8H2,1H3,(H2,17,19). The zero-order chi connectivity index (χ0) is 14.7. The fourth-order valence-electron chi connectivity index (χ4n) is 2.66. The third-order valence-corrected chi connectivity index (χ3v) is 3.74. The van der Waals surface area contributed by atoms with Gasteiger partial charge in [0, 0.05) is 32.7 Å². The molecule has 6 heteroatoms. The van der Waals surface area contributed by atoms with Gasteiger partial charge in [0.05, 0.1) is 12.5 Å². The highest BCUT2D eigenvalue weighted by Gasteiger charge is 2.37. The largest absolute Gasteiger partial charge is 0.383 e. The molecule has 1 aromatic carbocycles. The van der Waals surface area contributed by atoms with E-state index >= 15 is 0 Å². The van der Waals surface area contributed by atoms with E-state index in [9.17, 15) is 13.6 Å². The first-order valence-corrected chi connectivity index (χ1v) is 6.48. The summed E-state index contributed by atoms with van der Waals surface area (Å²) in [4.78, 5) is 13.6. The van der Waals surface area contributed by atoms with Gasteiger partial charge in [-0.05, 0) is 17.7 Å². The molecule has 0 aromatic heterocycles. The van der Waals surface area contributed by atoms with Crippen molar-refractivity contribution in [2.75, 3.05) is 33.4 Å². The Morgan fingerprint density at radius 1 is 1.40 bits per heavy atom. The van der Waals surface area contributed by atoms with E-state index in [-0.39, 0.29) is 5.92 Å². The molecule has 0 saturated carbocycles. The Kier molecular flexibility index (Phi) is 4.67. The van der Waals surface area contributed by atoms with Gasteiger partial charge in [-0.25, -0.2) is 8.78 Å². The van der Waals surface area contributed by atoms with Crippen molar-refractivity contribution in [3.63, 3.8) is 0 Å². The minimum atomic E-state index is -0.902. The maximum absolute atomic E-state index is 13.3. The highest BCUT2D eigenvalue weighted by atomic mass is 19.2. The maximum atomic E-state index is 13.3. The topological polar surface area (TPSA) is 55.6 Å². The van der Waals surface area contributed by atoms with Gasteiger partial charge in [-0.15, -0.1) is 0 Å².